The Labute approximate surface area is 131 Å². The van der Waals surface area contributed by atoms with Gasteiger partial charge in [-0.1, -0.05) is 37.0 Å². The summed E-state index contributed by atoms with van der Waals surface area (Å²) in [6.45, 7) is 6.76. The van der Waals surface area contributed by atoms with E-state index in [-0.39, 0.29) is 12.1 Å². The number of morpholine rings is 1. The Morgan fingerprint density at radius 2 is 1.95 bits per heavy atom. The highest BCUT2D eigenvalue weighted by Gasteiger charge is 2.31. The van der Waals surface area contributed by atoms with Crippen LogP contribution in [0.3, 0.4) is 0 Å². The van der Waals surface area contributed by atoms with E-state index in [1.807, 2.05) is 12.1 Å². The van der Waals surface area contributed by atoms with Gasteiger partial charge in [-0.05, 0) is 30.8 Å². The van der Waals surface area contributed by atoms with Gasteiger partial charge in [-0.15, -0.1) is 0 Å². The number of benzene rings is 1. The van der Waals surface area contributed by atoms with Crippen molar-refractivity contribution < 1.29 is 4.74 Å². The minimum atomic E-state index is 0.102. The molecule has 1 aromatic rings. The van der Waals surface area contributed by atoms with Gasteiger partial charge in [0.05, 0.1) is 18.8 Å². The third-order valence-electron chi connectivity index (χ3n) is 3.56. The summed E-state index contributed by atoms with van der Waals surface area (Å²) in [7, 11) is 2.12. The van der Waals surface area contributed by atoms with Gasteiger partial charge in [0.2, 0.25) is 0 Å². The van der Waals surface area contributed by atoms with Crippen molar-refractivity contribution in [3.05, 3.63) is 33.8 Å². The second-order valence-corrected chi connectivity index (χ2v) is 6.47. The van der Waals surface area contributed by atoms with E-state index in [0.717, 1.165) is 25.3 Å². The van der Waals surface area contributed by atoms with E-state index in [0.29, 0.717) is 16.1 Å². The maximum Gasteiger partial charge on any atom is 0.0896 e. The zero-order valence-electron chi connectivity index (χ0n) is 12.2. The molecule has 1 aromatic carbocycles. The summed E-state index contributed by atoms with van der Waals surface area (Å²) in [6, 6.07) is 6.33. The molecule has 112 valence electrons. The lowest BCUT2D eigenvalue weighted by Gasteiger charge is -2.40. The standard InChI is InChI=1S/C15H22Cl2N2O/c1-10(2)18-9-14-15(19(3)4-5-20-14)11-6-12(16)8-13(17)7-11/h6-8,10,14-15,18H,4-5,9H2,1-3H3. The van der Waals surface area contributed by atoms with E-state index in [1.165, 1.54) is 0 Å². The van der Waals surface area contributed by atoms with Crippen LogP contribution in [0.5, 0.6) is 0 Å². The number of hydrogen-bond donors (Lipinski definition) is 1. The maximum absolute atomic E-state index is 6.13. The average molecular weight is 317 g/mol. The second kappa shape index (κ2) is 7.10. The van der Waals surface area contributed by atoms with Crippen molar-refractivity contribution in [3.63, 3.8) is 0 Å². The van der Waals surface area contributed by atoms with Crippen LogP contribution in [0.4, 0.5) is 0 Å². The fourth-order valence-electron chi connectivity index (χ4n) is 2.60. The van der Waals surface area contributed by atoms with Gasteiger partial charge in [0, 0.05) is 29.2 Å². The molecule has 0 amide bonds. The molecule has 0 saturated carbocycles. The summed E-state index contributed by atoms with van der Waals surface area (Å²) in [4.78, 5) is 2.30. The number of likely N-dealkylation sites (N-methyl/N-ethyl adjacent to an activating group) is 1. The van der Waals surface area contributed by atoms with Gasteiger partial charge in [-0.25, -0.2) is 0 Å². The maximum atomic E-state index is 6.13. The zero-order valence-corrected chi connectivity index (χ0v) is 13.7. The van der Waals surface area contributed by atoms with Crippen LogP contribution in [-0.2, 0) is 4.74 Å². The molecule has 1 heterocycles. The number of halogens is 2. The molecule has 2 rings (SSSR count). The van der Waals surface area contributed by atoms with Crippen LogP contribution < -0.4 is 5.32 Å². The minimum Gasteiger partial charge on any atom is -0.374 e. The number of ether oxygens (including phenoxy) is 1. The summed E-state index contributed by atoms with van der Waals surface area (Å²) in [5, 5.41) is 4.78. The minimum absolute atomic E-state index is 0.102. The Morgan fingerprint density at radius 3 is 2.55 bits per heavy atom. The highest BCUT2D eigenvalue weighted by molar-refractivity contribution is 6.34. The fourth-order valence-corrected chi connectivity index (χ4v) is 3.14. The molecule has 2 unspecified atom stereocenters. The first-order chi connectivity index (χ1) is 9.47. The number of rotatable bonds is 4. The zero-order chi connectivity index (χ0) is 14.7. The monoisotopic (exact) mass is 316 g/mol. The van der Waals surface area contributed by atoms with Gasteiger partial charge < -0.3 is 10.1 Å². The first kappa shape index (κ1) is 16.1. The van der Waals surface area contributed by atoms with Crippen molar-refractivity contribution >= 4 is 23.2 Å². The molecule has 0 spiro atoms. The van der Waals surface area contributed by atoms with Crippen LogP contribution in [0, 0.1) is 0 Å². The molecule has 5 heteroatoms. The van der Waals surface area contributed by atoms with Crippen LogP contribution in [0.15, 0.2) is 18.2 Å². The molecular formula is C15H22Cl2N2O. The Bertz CT molecular complexity index is 433. The summed E-state index contributed by atoms with van der Waals surface area (Å²) in [6.07, 6.45) is 0.102. The van der Waals surface area contributed by atoms with Gasteiger partial charge in [-0.2, -0.15) is 0 Å². The van der Waals surface area contributed by atoms with E-state index >= 15 is 0 Å². The quantitative estimate of drug-likeness (QED) is 0.921. The first-order valence-corrected chi connectivity index (χ1v) is 7.74. The van der Waals surface area contributed by atoms with E-state index < -0.39 is 0 Å². The molecule has 0 radical (unpaired) electrons. The van der Waals surface area contributed by atoms with Crippen molar-refractivity contribution in [2.24, 2.45) is 0 Å². The SMILES string of the molecule is CC(C)NCC1OCCN(C)C1c1cc(Cl)cc(Cl)c1. The molecule has 0 aromatic heterocycles. The van der Waals surface area contributed by atoms with Crippen LogP contribution in [-0.4, -0.2) is 43.8 Å². The Balaban J connectivity index is 2.22. The van der Waals surface area contributed by atoms with E-state index in [2.05, 4.69) is 31.1 Å². The lowest BCUT2D eigenvalue weighted by atomic mass is 9.98. The number of hydrogen-bond acceptors (Lipinski definition) is 3. The lowest BCUT2D eigenvalue weighted by molar-refractivity contribution is -0.0620. The van der Waals surface area contributed by atoms with Crippen molar-refractivity contribution in [1.29, 1.82) is 0 Å². The normalized spacial score (nSPS) is 24.3. The van der Waals surface area contributed by atoms with Crippen LogP contribution in [0.2, 0.25) is 10.0 Å². The molecular weight excluding hydrogens is 295 g/mol. The molecule has 1 fully saturated rings. The van der Waals surface area contributed by atoms with Gasteiger partial charge in [0.1, 0.15) is 0 Å². The van der Waals surface area contributed by atoms with E-state index in [1.54, 1.807) is 6.07 Å². The average Bonchev–Trinajstić information content (AvgIpc) is 2.35. The van der Waals surface area contributed by atoms with Gasteiger partial charge in [0.15, 0.2) is 0 Å². The third kappa shape index (κ3) is 4.09. The van der Waals surface area contributed by atoms with Gasteiger partial charge in [0.25, 0.3) is 0 Å². The molecule has 2 atom stereocenters. The van der Waals surface area contributed by atoms with Crippen molar-refractivity contribution in [1.82, 2.24) is 10.2 Å². The molecule has 1 N–H and O–H groups in total. The fraction of sp³-hybridized carbons (Fsp3) is 0.600. The highest BCUT2D eigenvalue weighted by atomic mass is 35.5. The van der Waals surface area contributed by atoms with Gasteiger partial charge >= 0.3 is 0 Å². The predicted octanol–water partition coefficient (Wildman–Crippen LogP) is 3.36. The predicted molar refractivity (Wildman–Crippen MR) is 84.7 cm³/mol. The Kier molecular flexibility index (Phi) is 5.70. The summed E-state index contributed by atoms with van der Waals surface area (Å²) in [5.41, 5.74) is 1.11. The summed E-state index contributed by atoms with van der Waals surface area (Å²) in [5.74, 6) is 0. The molecule has 3 nitrogen and oxygen atoms in total. The molecule has 1 aliphatic heterocycles. The molecule has 20 heavy (non-hydrogen) atoms. The van der Waals surface area contributed by atoms with Crippen LogP contribution in [0.1, 0.15) is 25.5 Å². The molecule has 1 aliphatic rings. The number of nitrogens with zero attached hydrogens (tertiary/aromatic N) is 1. The van der Waals surface area contributed by atoms with Crippen molar-refractivity contribution in [3.8, 4) is 0 Å². The molecule has 0 bridgehead atoms. The topological polar surface area (TPSA) is 24.5 Å². The molecule has 1 saturated heterocycles. The van der Waals surface area contributed by atoms with Crippen molar-refractivity contribution in [2.45, 2.75) is 32.0 Å². The van der Waals surface area contributed by atoms with Gasteiger partial charge in [-0.3, -0.25) is 4.90 Å². The second-order valence-electron chi connectivity index (χ2n) is 5.60. The first-order valence-electron chi connectivity index (χ1n) is 6.98. The highest BCUT2D eigenvalue weighted by Crippen LogP contribution is 2.31. The van der Waals surface area contributed by atoms with E-state index in [4.69, 9.17) is 27.9 Å². The van der Waals surface area contributed by atoms with E-state index in [9.17, 15) is 0 Å². The summed E-state index contributed by atoms with van der Waals surface area (Å²) < 4.78 is 5.96. The third-order valence-corrected chi connectivity index (χ3v) is 3.99. The van der Waals surface area contributed by atoms with Crippen molar-refractivity contribution in [2.75, 3.05) is 26.7 Å². The number of nitrogens with one attached hydrogen (secondary N) is 1. The lowest BCUT2D eigenvalue weighted by Crippen LogP contribution is -2.48. The Morgan fingerprint density at radius 1 is 1.30 bits per heavy atom. The van der Waals surface area contributed by atoms with Crippen LogP contribution in [0.25, 0.3) is 0 Å². The largest absolute Gasteiger partial charge is 0.374 e. The van der Waals surface area contributed by atoms with Crippen LogP contribution >= 0.6 is 23.2 Å². The Hall–Kier alpha value is -0.320. The molecule has 0 aliphatic carbocycles. The summed E-state index contributed by atoms with van der Waals surface area (Å²) >= 11 is 12.3. The smallest absolute Gasteiger partial charge is 0.0896 e.